The Kier molecular flexibility index (Phi) is 2.88. The van der Waals surface area contributed by atoms with Crippen molar-refractivity contribution in [3.63, 3.8) is 0 Å². The fourth-order valence-electron chi connectivity index (χ4n) is 1.79. The molecule has 0 aliphatic rings. The van der Waals surface area contributed by atoms with E-state index in [0.29, 0.717) is 23.9 Å². The summed E-state index contributed by atoms with van der Waals surface area (Å²) in [6.07, 6.45) is 6.87. The number of hydrogen-bond acceptors (Lipinski definition) is 6. The van der Waals surface area contributed by atoms with Crippen LogP contribution in [-0.2, 0) is 6.54 Å². The average molecular weight is 278 g/mol. The Bertz CT molecular complexity index is 701. The Morgan fingerprint density at radius 1 is 1.47 bits per heavy atom. The number of rotatable bonds is 5. The standard InChI is InChI=1S/C10H10N6O2S/c17-16(18)9-8(13-10-15(9)5-6-19-10)12-2-4-14-3-1-11-7-14/h1,3,5-7,12H,2,4H2. The Balaban J connectivity index is 1.78. The van der Waals surface area contributed by atoms with E-state index in [-0.39, 0.29) is 5.82 Å². The second-order valence-corrected chi connectivity index (χ2v) is 4.70. The molecule has 3 rings (SSSR count). The number of aromatic nitrogens is 4. The third-order valence-corrected chi connectivity index (χ3v) is 3.39. The molecule has 3 aromatic rings. The summed E-state index contributed by atoms with van der Waals surface area (Å²) in [6, 6.07) is 0. The van der Waals surface area contributed by atoms with Crippen molar-refractivity contribution in [1.29, 1.82) is 0 Å². The van der Waals surface area contributed by atoms with Crippen molar-refractivity contribution in [2.75, 3.05) is 11.9 Å². The first-order chi connectivity index (χ1) is 9.25. The molecular formula is C10H10N6O2S. The van der Waals surface area contributed by atoms with Gasteiger partial charge in [-0.2, -0.15) is 9.38 Å². The molecule has 0 saturated heterocycles. The quantitative estimate of drug-likeness (QED) is 0.565. The van der Waals surface area contributed by atoms with Crippen LogP contribution < -0.4 is 5.32 Å². The third kappa shape index (κ3) is 2.15. The van der Waals surface area contributed by atoms with Gasteiger partial charge in [-0.15, -0.1) is 0 Å². The van der Waals surface area contributed by atoms with Crippen molar-refractivity contribution in [1.82, 2.24) is 18.9 Å². The fourth-order valence-corrected chi connectivity index (χ4v) is 2.50. The van der Waals surface area contributed by atoms with Crippen LogP contribution in [0.25, 0.3) is 4.96 Å². The molecule has 0 spiro atoms. The van der Waals surface area contributed by atoms with Crippen LogP contribution in [-0.4, -0.2) is 30.4 Å². The monoisotopic (exact) mass is 278 g/mol. The minimum absolute atomic E-state index is 0.0260. The number of nitro groups is 1. The maximum Gasteiger partial charge on any atom is 0.372 e. The molecule has 9 heteroatoms. The Labute approximate surface area is 111 Å². The van der Waals surface area contributed by atoms with Crippen molar-refractivity contribution >= 4 is 27.9 Å². The van der Waals surface area contributed by atoms with Crippen molar-refractivity contribution in [3.8, 4) is 0 Å². The van der Waals surface area contributed by atoms with E-state index in [2.05, 4.69) is 15.3 Å². The minimum Gasteiger partial charge on any atom is -0.361 e. The molecule has 0 aromatic carbocycles. The number of imidazole rings is 2. The Morgan fingerprint density at radius 2 is 2.37 bits per heavy atom. The van der Waals surface area contributed by atoms with Crippen molar-refractivity contribution in [2.24, 2.45) is 0 Å². The average Bonchev–Trinajstić information content (AvgIpc) is 3.02. The molecule has 3 heterocycles. The normalized spacial score (nSPS) is 10.9. The van der Waals surface area contributed by atoms with E-state index in [1.54, 1.807) is 24.1 Å². The largest absolute Gasteiger partial charge is 0.372 e. The number of fused-ring (bicyclic) bond motifs is 1. The lowest BCUT2D eigenvalue weighted by molar-refractivity contribution is -0.389. The number of nitrogens with one attached hydrogen (secondary N) is 1. The molecule has 0 fully saturated rings. The summed E-state index contributed by atoms with van der Waals surface area (Å²) in [7, 11) is 0. The smallest absolute Gasteiger partial charge is 0.361 e. The lowest BCUT2D eigenvalue weighted by Gasteiger charge is -2.03. The molecular weight excluding hydrogens is 268 g/mol. The Morgan fingerprint density at radius 3 is 3.11 bits per heavy atom. The van der Waals surface area contributed by atoms with Gasteiger partial charge in [0.2, 0.25) is 5.82 Å². The molecule has 98 valence electrons. The minimum atomic E-state index is -0.424. The molecule has 0 amide bonds. The predicted octanol–water partition coefficient (Wildman–Crippen LogP) is 1.61. The van der Waals surface area contributed by atoms with Gasteiger partial charge in [0.05, 0.1) is 6.33 Å². The SMILES string of the molecule is O=[N+]([O-])c1c(NCCn2ccnc2)nc2sccn12. The van der Waals surface area contributed by atoms with Crippen LogP contribution in [0, 0.1) is 10.1 Å². The fraction of sp³-hybridized carbons (Fsp3) is 0.200. The highest BCUT2D eigenvalue weighted by Gasteiger charge is 2.22. The number of hydrogen-bond donors (Lipinski definition) is 1. The van der Waals surface area contributed by atoms with E-state index in [9.17, 15) is 10.1 Å². The van der Waals surface area contributed by atoms with Gasteiger partial charge in [-0.05, 0) is 4.92 Å². The lowest BCUT2D eigenvalue weighted by atomic mass is 10.5. The van der Waals surface area contributed by atoms with Gasteiger partial charge in [-0.25, -0.2) is 4.98 Å². The number of thiazole rings is 1. The zero-order chi connectivity index (χ0) is 13.2. The van der Waals surface area contributed by atoms with E-state index in [4.69, 9.17) is 0 Å². The van der Waals surface area contributed by atoms with Gasteiger partial charge in [-0.3, -0.25) is 0 Å². The van der Waals surface area contributed by atoms with E-state index in [1.807, 2.05) is 10.8 Å². The Hall–Kier alpha value is -2.42. The van der Waals surface area contributed by atoms with Gasteiger partial charge in [0.15, 0.2) is 0 Å². The molecule has 1 N–H and O–H groups in total. The first-order valence-corrected chi connectivity index (χ1v) is 6.43. The lowest BCUT2D eigenvalue weighted by Crippen LogP contribution is -2.10. The highest BCUT2D eigenvalue weighted by Crippen LogP contribution is 2.27. The van der Waals surface area contributed by atoms with Gasteiger partial charge in [0.25, 0.3) is 4.96 Å². The molecule has 0 unspecified atom stereocenters. The van der Waals surface area contributed by atoms with Crippen molar-refractivity contribution in [2.45, 2.75) is 6.54 Å². The molecule has 0 atom stereocenters. The first-order valence-electron chi connectivity index (χ1n) is 5.55. The summed E-state index contributed by atoms with van der Waals surface area (Å²) >= 11 is 1.36. The van der Waals surface area contributed by atoms with E-state index >= 15 is 0 Å². The topological polar surface area (TPSA) is 90.3 Å². The second-order valence-electron chi connectivity index (χ2n) is 3.82. The molecule has 3 aromatic heterocycles. The van der Waals surface area contributed by atoms with Crippen LogP contribution in [0.5, 0.6) is 0 Å². The first kappa shape index (κ1) is 11.7. The highest BCUT2D eigenvalue weighted by molar-refractivity contribution is 7.15. The predicted molar refractivity (Wildman–Crippen MR) is 70.4 cm³/mol. The molecule has 8 nitrogen and oxygen atoms in total. The maximum absolute atomic E-state index is 11.1. The van der Waals surface area contributed by atoms with Crippen LogP contribution in [0.4, 0.5) is 11.6 Å². The summed E-state index contributed by atoms with van der Waals surface area (Å²) in [4.78, 5) is 19.4. The zero-order valence-electron chi connectivity index (χ0n) is 9.76. The second kappa shape index (κ2) is 4.69. The molecule has 0 aliphatic carbocycles. The van der Waals surface area contributed by atoms with Gasteiger partial charge in [0.1, 0.15) is 6.20 Å². The summed E-state index contributed by atoms with van der Waals surface area (Å²) in [5.74, 6) is 0.277. The van der Waals surface area contributed by atoms with Gasteiger partial charge in [0, 0.05) is 30.9 Å². The third-order valence-electron chi connectivity index (χ3n) is 2.63. The van der Waals surface area contributed by atoms with Crippen LogP contribution in [0.1, 0.15) is 0 Å². The van der Waals surface area contributed by atoms with Gasteiger partial charge >= 0.3 is 5.82 Å². The summed E-state index contributed by atoms with van der Waals surface area (Å²) in [5.41, 5.74) is 0. The maximum atomic E-state index is 11.1. The van der Waals surface area contributed by atoms with Crippen LogP contribution >= 0.6 is 11.3 Å². The molecule has 0 bridgehead atoms. The number of anilines is 1. The van der Waals surface area contributed by atoms with Crippen LogP contribution in [0.15, 0.2) is 30.3 Å². The summed E-state index contributed by atoms with van der Waals surface area (Å²) < 4.78 is 3.36. The molecule has 19 heavy (non-hydrogen) atoms. The molecule has 0 radical (unpaired) electrons. The van der Waals surface area contributed by atoms with Crippen molar-refractivity contribution < 1.29 is 4.92 Å². The van der Waals surface area contributed by atoms with E-state index < -0.39 is 4.92 Å². The summed E-state index contributed by atoms with van der Waals surface area (Å²) in [6.45, 7) is 1.21. The molecule has 0 saturated carbocycles. The molecule has 0 aliphatic heterocycles. The van der Waals surface area contributed by atoms with Gasteiger partial charge < -0.3 is 20.0 Å². The van der Waals surface area contributed by atoms with E-state index in [0.717, 1.165) is 0 Å². The zero-order valence-corrected chi connectivity index (χ0v) is 10.6. The highest BCUT2D eigenvalue weighted by atomic mass is 32.1. The van der Waals surface area contributed by atoms with Crippen LogP contribution in [0.2, 0.25) is 0 Å². The number of nitrogens with zero attached hydrogens (tertiary/aromatic N) is 5. The summed E-state index contributed by atoms with van der Waals surface area (Å²) in [5, 5.41) is 15.8. The van der Waals surface area contributed by atoms with Crippen LogP contribution in [0.3, 0.4) is 0 Å². The van der Waals surface area contributed by atoms with Gasteiger partial charge in [-0.1, -0.05) is 11.3 Å². The van der Waals surface area contributed by atoms with Crippen molar-refractivity contribution in [3.05, 3.63) is 40.4 Å². The van der Waals surface area contributed by atoms with E-state index in [1.165, 1.54) is 15.7 Å².